The van der Waals surface area contributed by atoms with E-state index in [1.807, 2.05) is 6.92 Å². The van der Waals surface area contributed by atoms with Gasteiger partial charge in [-0.3, -0.25) is 0 Å². The average Bonchev–Trinajstić information content (AvgIpc) is 2.14. The molecule has 1 heterocycles. The van der Waals surface area contributed by atoms with Gasteiger partial charge in [0.05, 0.1) is 0 Å². The molecule has 12 heavy (non-hydrogen) atoms. The lowest BCUT2D eigenvalue weighted by Gasteiger charge is -2.26. The highest BCUT2D eigenvalue weighted by molar-refractivity contribution is 4.66. The molecule has 3 heteroatoms. The summed E-state index contributed by atoms with van der Waals surface area (Å²) in [4.78, 5) is 2.50. The second kappa shape index (κ2) is 6.40. The molecule has 1 fully saturated rings. The Bertz CT molecular complexity index is 103. The van der Waals surface area contributed by atoms with E-state index >= 15 is 0 Å². The van der Waals surface area contributed by atoms with E-state index in [0.29, 0.717) is 0 Å². The first-order valence-electron chi connectivity index (χ1n) is 4.94. The summed E-state index contributed by atoms with van der Waals surface area (Å²) in [6.07, 6.45) is 1.17. The summed E-state index contributed by atoms with van der Waals surface area (Å²) in [5.74, 6) is 0. The number of hydrogen-bond donors (Lipinski definition) is 1. The zero-order valence-corrected chi connectivity index (χ0v) is 8.01. The third-order valence-electron chi connectivity index (χ3n) is 2.18. The van der Waals surface area contributed by atoms with Crippen molar-refractivity contribution < 1.29 is 4.74 Å². The van der Waals surface area contributed by atoms with Gasteiger partial charge in [0.1, 0.15) is 0 Å². The van der Waals surface area contributed by atoms with Crippen LogP contribution in [0, 0.1) is 0 Å². The van der Waals surface area contributed by atoms with Gasteiger partial charge in [-0.15, -0.1) is 0 Å². The normalized spacial score (nSPS) is 19.8. The Morgan fingerprint density at radius 1 is 1.33 bits per heavy atom. The highest BCUT2D eigenvalue weighted by Gasteiger charge is 2.07. The summed E-state index contributed by atoms with van der Waals surface area (Å²) in [6.45, 7) is 9.70. The predicted molar refractivity (Wildman–Crippen MR) is 50.4 cm³/mol. The van der Waals surface area contributed by atoms with Gasteiger partial charge >= 0.3 is 0 Å². The van der Waals surface area contributed by atoms with Gasteiger partial charge in [0.15, 0.2) is 0 Å². The van der Waals surface area contributed by atoms with E-state index in [9.17, 15) is 0 Å². The van der Waals surface area contributed by atoms with Crippen molar-refractivity contribution in [3.63, 3.8) is 0 Å². The lowest BCUT2D eigenvalue weighted by Crippen LogP contribution is -2.43. The topological polar surface area (TPSA) is 24.5 Å². The van der Waals surface area contributed by atoms with Crippen LogP contribution in [0.5, 0.6) is 0 Å². The van der Waals surface area contributed by atoms with Gasteiger partial charge in [-0.1, -0.05) is 0 Å². The number of ether oxygens (including phenoxy) is 1. The van der Waals surface area contributed by atoms with Crippen molar-refractivity contribution in [1.82, 2.24) is 10.2 Å². The minimum absolute atomic E-state index is 0.849. The third-order valence-corrected chi connectivity index (χ3v) is 2.18. The summed E-state index contributed by atoms with van der Waals surface area (Å²) in [5.41, 5.74) is 0. The smallest absolute Gasteiger partial charge is 0.0478 e. The molecule has 0 atom stereocenters. The van der Waals surface area contributed by atoms with Crippen LogP contribution in [0.2, 0.25) is 0 Å². The molecule has 0 saturated carbocycles. The van der Waals surface area contributed by atoms with Gasteiger partial charge in [-0.2, -0.15) is 0 Å². The Kier molecular flexibility index (Phi) is 5.32. The van der Waals surface area contributed by atoms with Gasteiger partial charge in [0.2, 0.25) is 0 Å². The molecule has 0 bridgehead atoms. The molecule has 0 aromatic heterocycles. The van der Waals surface area contributed by atoms with Gasteiger partial charge in [0, 0.05) is 45.9 Å². The van der Waals surface area contributed by atoms with Crippen molar-refractivity contribution in [3.05, 3.63) is 0 Å². The molecular weight excluding hydrogens is 152 g/mol. The fourth-order valence-corrected chi connectivity index (χ4v) is 1.47. The molecule has 0 aliphatic carbocycles. The molecule has 0 spiro atoms. The van der Waals surface area contributed by atoms with Crippen molar-refractivity contribution >= 4 is 0 Å². The van der Waals surface area contributed by atoms with E-state index in [0.717, 1.165) is 26.3 Å². The molecule has 0 aromatic carbocycles. The highest BCUT2D eigenvalue weighted by atomic mass is 16.5. The standard InChI is InChI=1S/C9H20N2O/c1-2-12-9-3-6-11-7-4-10-5-8-11/h10H,2-9H2,1H3. The SMILES string of the molecule is CCOCCCN1CCNCC1. The van der Waals surface area contributed by atoms with Gasteiger partial charge in [-0.25, -0.2) is 0 Å². The molecular formula is C9H20N2O. The maximum absolute atomic E-state index is 5.28. The van der Waals surface area contributed by atoms with Crippen LogP contribution in [0.15, 0.2) is 0 Å². The zero-order valence-electron chi connectivity index (χ0n) is 8.01. The molecule has 1 rings (SSSR count). The first kappa shape index (κ1) is 9.96. The van der Waals surface area contributed by atoms with Crippen molar-refractivity contribution in [1.29, 1.82) is 0 Å². The molecule has 3 nitrogen and oxygen atoms in total. The molecule has 72 valence electrons. The number of rotatable bonds is 5. The minimum Gasteiger partial charge on any atom is -0.382 e. The molecule has 0 radical (unpaired) electrons. The summed E-state index contributed by atoms with van der Waals surface area (Å²) in [7, 11) is 0. The summed E-state index contributed by atoms with van der Waals surface area (Å²) >= 11 is 0. The Hall–Kier alpha value is -0.120. The number of hydrogen-bond acceptors (Lipinski definition) is 3. The Morgan fingerprint density at radius 3 is 2.75 bits per heavy atom. The van der Waals surface area contributed by atoms with Crippen molar-refractivity contribution in [2.75, 3.05) is 45.9 Å². The lowest BCUT2D eigenvalue weighted by molar-refractivity contribution is 0.129. The molecule has 0 amide bonds. The second-order valence-corrected chi connectivity index (χ2v) is 3.14. The number of nitrogens with one attached hydrogen (secondary N) is 1. The van der Waals surface area contributed by atoms with Crippen LogP contribution in [0.1, 0.15) is 13.3 Å². The first-order chi connectivity index (χ1) is 5.93. The van der Waals surface area contributed by atoms with Crippen LogP contribution in [0.4, 0.5) is 0 Å². The van der Waals surface area contributed by atoms with Gasteiger partial charge < -0.3 is 15.0 Å². The van der Waals surface area contributed by atoms with Crippen molar-refractivity contribution in [3.8, 4) is 0 Å². The van der Waals surface area contributed by atoms with Crippen LogP contribution < -0.4 is 5.32 Å². The number of piperazine rings is 1. The molecule has 0 aromatic rings. The number of nitrogens with zero attached hydrogens (tertiary/aromatic N) is 1. The molecule has 1 aliphatic heterocycles. The molecule has 1 saturated heterocycles. The maximum atomic E-state index is 5.28. The molecule has 0 unspecified atom stereocenters. The van der Waals surface area contributed by atoms with E-state index in [-0.39, 0.29) is 0 Å². The molecule has 1 aliphatic rings. The predicted octanol–water partition coefficient (Wildman–Crippen LogP) is 0.318. The largest absolute Gasteiger partial charge is 0.382 e. The lowest BCUT2D eigenvalue weighted by atomic mass is 10.3. The molecule has 1 N–H and O–H groups in total. The summed E-state index contributed by atoms with van der Waals surface area (Å²) < 4.78 is 5.28. The Morgan fingerprint density at radius 2 is 2.08 bits per heavy atom. The summed E-state index contributed by atoms with van der Waals surface area (Å²) in [6, 6.07) is 0. The van der Waals surface area contributed by atoms with Crippen molar-refractivity contribution in [2.24, 2.45) is 0 Å². The maximum Gasteiger partial charge on any atom is 0.0478 e. The zero-order chi connectivity index (χ0) is 8.65. The second-order valence-electron chi connectivity index (χ2n) is 3.14. The van der Waals surface area contributed by atoms with E-state index in [1.54, 1.807) is 0 Å². The fraction of sp³-hybridized carbons (Fsp3) is 1.00. The van der Waals surface area contributed by atoms with E-state index in [2.05, 4.69) is 10.2 Å². The van der Waals surface area contributed by atoms with Crippen LogP contribution in [0.3, 0.4) is 0 Å². The van der Waals surface area contributed by atoms with Crippen LogP contribution >= 0.6 is 0 Å². The van der Waals surface area contributed by atoms with E-state index < -0.39 is 0 Å². The van der Waals surface area contributed by atoms with Gasteiger partial charge in [0.25, 0.3) is 0 Å². The monoisotopic (exact) mass is 172 g/mol. The Labute approximate surface area is 75.1 Å². The first-order valence-corrected chi connectivity index (χ1v) is 4.94. The van der Waals surface area contributed by atoms with Crippen LogP contribution in [-0.2, 0) is 4.74 Å². The Balaban J connectivity index is 1.91. The van der Waals surface area contributed by atoms with Crippen molar-refractivity contribution in [2.45, 2.75) is 13.3 Å². The summed E-state index contributed by atoms with van der Waals surface area (Å²) in [5, 5.41) is 3.34. The van der Waals surface area contributed by atoms with E-state index in [1.165, 1.54) is 26.1 Å². The highest BCUT2D eigenvalue weighted by Crippen LogP contribution is 1.94. The third kappa shape index (κ3) is 4.04. The minimum atomic E-state index is 0.849. The fourth-order valence-electron chi connectivity index (χ4n) is 1.47. The average molecular weight is 172 g/mol. The van der Waals surface area contributed by atoms with Crippen LogP contribution in [-0.4, -0.2) is 50.8 Å². The van der Waals surface area contributed by atoms with Gasteiger partial charge in [-0.05, 0) is 13.3 Å². The van der Waals surface area contributed by atoms with Crippen LogP contribution in [0.25, 0.3) is 0 Å². The quantitative estimate of drug-likeness (QED) is 0.604. The van der Waals surface area contributed by atoms with E-state index in [4.69, 9.17) is 4.74 Å².